The molecule has 3 heterocycles. The largest absolute Gasteiger partial charge is 0.494 e. The molecule has 1 aliphatic heterocycles. The van der Waals surface area contributed by atoms with Gasteiger partial charge in [-0.25, -0.2) is 9.97 Å². The third-order valence-electron chi connectivity index (χ3n) is 6.53. The molecule has 0 unspecified atom stereocenters. The number of nitrogen functional groups attached to an aromatic ring is 1. The number of nitrogens with zero attached hydrogens (tertiary/aromatic N) is 4. The molecule has 4 N–H and O–H groups in total. The van der Waals surface area contributed by atoms with Crippen LogP contribution in [0.4, 0.5) is 23.0 Å². The minimum absolute atomic E-state index is 0.508. The van der Waals surface area contributed by atoms with Crippen molar-refractivity contribution in [3.05, 3.63) is 54.4 Å². The second-order valence-corrected chi connectivity index (χ2v) is 9.21. The molecule has 4 aromatic rings. The van der Waals surface area contributed by atoms with Crippen molar-refractivity contribution < 1.29 is 4.74 Å². The molecule has 0 atom stereocenters. The smallest absolute Gasteiger partial charge is 0.227 e. The van der Waals surface area contributed by atoms with E-state index in [1.807, 2.05) is 32.3 Å². The highest BCUT2D eigenvalue weighted by molar-refractivity contribution is 5.97. The Morgan fingerprint density at radius 3 is 2.80 bits per heavy atom. The minimum atomic E-state index is 0.508. The van der Waals surface area contributed by atoms with Crippen LogP contribution in [0.25, 0.3) is 22.2 Å². The summed E-state index contributed by atoms with van der Waals surface area (Å²) in [5, 5.41) is 7.94. The summed E-state index contributed by atoms with van der Waals surface area (Å²) in [6, 6.07) is 14.4. The lowest BCUT2D eigenvalue weighted by Gasteiger charge is -2.18. The first-order chi connectivity index (χ1) is 17.0. The van der Waals surface area contributed by atoms with Gasteiger partial charge in [-0.05, 0) is 51.6 Å². The van der Waals surface area contributed by atoms with Crippen LogP contribution in [0.1, 0.15) is 18.5 Å². The number of nitrogens with one attached hydrogen (secondary N) is 2. The van der Waals surface area contributed by atoms with Crippen LogP contribution in [-0.2, 0) is 13.0 Å². The maximum atomic E-state index is 6.35. The lowest BCUT2D eigenvalue weighted by Crippen LogP contribution is -2.21. The van der Waals surface area contributed by atoms with Crippen LogP contribution in [0.5, 0.6) is 5.75 Å². The Kier molecular flexibility index (Phi) is 6.46. The number of para-hydroxylation sites is 1. The highest BCUT2D eigenvalue weighted by atomic mass is 16.5. The van der Waals surface area contributed by atoms with Gasteiger partial charge in [0.05, 0.1) is 29.9 Å². The Balaban J connectivity index is 1.47. The Labute approximate surface area is 206 Å². The Hall–Kier alpha value is -3.78. The number of aromatic nitrogens is 3. The molecule has 0 aliphatic carbocycles. The number of anilines is 4. The van der Waals surface area contributed by atoms with E-state index in [1.54, 1.807) is 13.3 Å². The van der Waals surface area contributed by atoms with E-state index in [0.717, 1.165) is 43.1 Å². The molecule has 2 aromatic heterocycles. The highest BCUT2D eigenvalue weighted by Crippen LogP contribution is 2.38. The fourth-order valence-electron chi connectivity index (χ4n) is 4.83. The first-order valence-electron chi connectivity index (χ1n) is 12.1. The van der Waals surface area contributed by atoms with Gasteiger partial charge in [-0.2, -0.15) is 0 Å². The van der Waals surface area contributed by atoms with E-state index in [4.69, 9.17) is 15.5 Å². The molecule has 0 fully saturated rings. The van der Waals surface area contributed by atoms with Crippen LogP contribution in [0.15, 0.2) is 48.7 Å². The zero-order valence-electron chi connectivity index (χ0n) is 20.6. The van der Waals surface area contributed by atoms with Crippen LogP contribution in [0, 0.1) is 0 Å². The molecular weight excluding hydrogens is 438 g/mol. The van der Waals surface area contributed by atoms with Gasteiger partial charge in [0, 0.05) is 54.1 Å². The van der Waals surface area contributed by atoms with E-state index < -0.39 is 0 Å². The Morgan fingerprint density at radius 2 is 1.97 bits per heavy atom. The molecule has 0 amide bonds. The summed E-state index contributed by atoms with van der Waals surface area (Å²) in [4.78, 5) is 11.5. The van der Waals surface area contributed by atoms with Crippen LogP contribution < -0.4 is 21.1 Å². The maximum Gasteiger partial charge on any atom is 0.227 e. The van der Waals surface area contributed by atoms with Crippen LogP contribution >= 0.6 is 0 Å². The van der Waals surface area contributed by atoms with Gasteiger partial charge in [0.15, 0.2) is 0 Å². The van der Waals surface area contributed by atoms with E-state index in [9.17, 15) is 0 Å². The van der Waals surface area contributed by atoms with Crippen molar-refractivity contribution in [2.45, 2.75) is 25.8 Å². The first-order valence-corrected chi connectivity index (χ1v) is 12.1. The second-order valence-electron chi connectivity index (χ2n) is 9.21. The molecule has 182 valence electrons. The van der Waals surface area contributed by atoms with Gasteiger partial charge in [0.2, 0.25) is 5.95 Å². The van der Waals surface area contributed by atoms with Gasteiger partial charge in [-0.1, -0.05) is 18.2 Å². The molecule has 0 spiro atoms. The van der Waals surface area contributed by atoms with Crippen molar-refractivity contribution in [1.29, 1.82) is 0 Å². The second kappa shape index (κ2) is 9.84. The van der Waals surface area contributed by atoms with Crippen LogP contribution in [0.3, 0.4) is 0 Å². The molecule has 5 rings (SSSR count). The average molecular weight is 472 g/mol. The van der Waals surface area contributed by atoms with Gasteiger partial charge in [-0.3, -0.25) is 0 Å². The normalized spacial score (nSPS) is 13.1. The van der Waals surface area contributed by atoms with Crippen LogP contribution in [0.2, 0.25) is 0 Å². The van der Waals surface area contributed by atoms with E-state index in [-0.39, 0.29) is 0 Å². The van der Waals surface area contributed by atoms with Gasteiger partial charge in [0.25, 0.3) is 0 Å². The van der Waals surface area contributed by atoms with Crippen molar-refractivity contribution in [1.82, 2.24) is 19.4 Å². The minimum Gasteiger partial charge on any atom is -0.494 e. The topological polar surface area (TPSA) is 93.3 Å². The van der Waals surface area contributed by atoms with Crippen molar-refractivity contribution >= 4 is 33.9 Å². The number of ether oxygens (including phenoxy) is 1. The van der Waals surface area contributed by atoms with Crippen molar-refractivity contribution in [3.63, 3.8) is 0 Å². The number of likely N-dealkylation sites (N-methyl/N-ethyl adjacent to an activating group) is 1. The van der Waals surface area contributed by atoms with Crippen molar-refractivity contribution in [2.75, 3.05) is 50.7 Å². The third-order valence-corrected chi connectivity index (χ3v) is 6.53. The fourth-order valence-corrected chi connectivity index (χ4v) is 4.83. The summed E-state index contributed by atoms with van der Waals surface area (Å²) in [7, 11) is 5.73. The standard InChI is InChI=1S/C27H33N7O/c1-33(2)15-13-29-21-17-25(35-3)22(16-19(21)28)32-27-30-12-11-20(31-27)26-18-8-4-5-9-23(18)34-14-7-6-10-24(26)34/h4-5,8-9,11-12,16-17,29H,6-7,10,13-15,28H2,1-3H3,(H,30,31,32). The number of hydrogen-bond donors (Lipinski definition) is 3. The number of hydrogen-bond acceptors (Lipinski definition) is 7. The summed E-state index contributed by atoms with van der Waals surface area (Å²) in [6.07, 6.45) is 5.27. The van der Waals surface area contributed by atoms with E-state index in [2.05, 4.69) is 49.4 Å². The molecule has 8 nitrogen and oxygen atoms in total. The predicted octanol–water partition coefficient (Wildman–Crippen LogP) is 4.74. The van der Waals surface area contributed by atoms with Gasteiger partial charge in [0.1, 0.15) is 5.75 Å². The molecule has 0 bridgehead atoms. The van der Waals surface area contributed by atoms with Gasteiger partial charge in [-0.15, -0.1) is 0 Å². The molecule has 0 saturated heterocycles. The summed E-state index contributed by atoms with van der Waals surface area (Å²) in [6.45, 7) is 2.74. The first kappa shape index (κ1) is 23.0. The molecule has 8 heteroatoms. The molecule has 0 saturated carbocycles. The lowest BCUT2D eigenvalue weighted by atomic mass is 10.0. The lowest BCUT2D eigenvalue weighted by molar-refractivity contribution is 0.416. The fraction of sp³-hybridized carbons (Fsp3) is 0.333. The van der Waals surface area contributed by atoms with Gasteiger partial charge < -0.3 is 30.6 Å². The predicted molar refractivity (Wildman–Crippen MR) is 144 cm³/mol. The van der Waals surface area contributed by atoms with Crippen molar-refractivity contribution in [2.24, 2.45) is 0 Å². The molecule has 35 heavy (non-hydrogen) atoms. The summed E-state index contributed by atoms with van der Waals surface area (Å²) in [5.41, 5.74) is 13.3. The Morgan fingerprint density at radius 1 is 1.11 bits per heavy atom. The summed E-state index contributed by atoms with van der Waals surface area (Å²) in [5.74, 6) is 1.18. The number of fused-ring (bicyclic) bond motifs is 3. The number of nitrogens with two attached hydrogens (primary N) is 1. The monoisotopic (exact) mass is 471 g/mol. The number of methoxy groups -OCH3 is 1. The van der Waals surface area contributed by atoms with Gasteiger partial charge >= 0.3 is 0 Å². The van der Waals surface area contributed by atoms with E-state index >= 15 is 0 Å². The zero-order valence-corrected chi connectivity index (χ0v) is 20.6. The molecule has 0 radical (unpaired) electrons. The third kappa shape index (κ3) is 4.61. The molecule has 1 aliphatic rings. The molecule has 2 aromatic carbocycles. The zero-order chi connectivity index (χ0) is 24.4. The van der Waals surface area contributed by atoms with Crippen LogP contribution in [-0.4, -0.2) is 53.7 Å². The summed E-state index contributed by atoms with van der Waals surface area (Å²) < 4.78 is 8.10. The SMILES string of the molecule is COc1cc(NCCN(C)C)c(N)cc1Nc1nccc(-c2c3n(c4ccccc24)CCCC3)n1. The quantitative estimate of drug-likeness (QED) is 0.320. The van der Waals surface area contributed by atoms with E-state index in [1.165, 1.54) is 35.0 Å². The maximum absolute atomic E-state index is 6.35. The molecular formula is C27H33N7O. The highest BCUT2D eigenvalue weighted by Gasteiger charge is 2.22. The Bertz CT molecular complexity index is 1350. The number of aryl methyl sites for hydroxylation is 1. The number of rotatable bonds is 8. The summed E-state index contributed by atoms with van der Waals surface area (Å²) >= 11 is 0. The number of benzene rings is 2. The van der Waals surface area contributed by atoms with E-state index in [0.29, 0.717) is 17.4 Å². The average Bonchev–Trinajstić information content (AvgIpc) is 3.20. The van der Waals surface area contributed by atoms with Crippen molar-refractivity contribution in [3.8, 4) is 17.0 Å².